The number of benzene rings is 1. The second-order valence-corrected chi connectivity index (χ2v) is 8.81. The summed E-state index contributed by atoms with van der Waals surface area (Å²) < 4.78 is 28.5. The molecular formula is C13H11BrClNO2S2. The van der Waals surface area contributed by atoms with Crippen LogP contribution in [-0.2, 0) is 16.4 Å². The van der Waals surface area contributed by atoms with E-state index in [0.717, 1.165) is 11.1 Å². The van der Waals surface area contributed by atoms with Gasteiger partial charge in [0, 0.05) is 4.47 Å². The maximum Gasteiger partial charge on any atom is 0.251 e. The Kier molecular flexibility index (Phi) is 3.94. The summed E-state index contributed by atoms with van der Waals surface area (Å²) in [5.74, 6) is 0. The number of hydrogen-bond donors (Lipinski definition) is 1. The molecule has 2 aromatic rings. The molecule has 0 aliphatic heterocycles. The lowest BCUT2D eigenvalue weighted by atomic mass is 10.1. The van der Waals surface area contributed by atoms with E-state index in [1.54, 1.807) is 11.4 Å². The van der Waals surface area contributed by atoms with E-state index in [9.17, 15) is 8.42 Å². The van der Waals surface area contributed by atoms with E-state index in [1.165, 1.54) is 11.3 Å². The largest absolute Gasteiger partial charge is 0.251 e. The van der Waals surface area contributed by atoms with E-state index in [4.69, 9.17) is 11.6 Å². The fourth-order valence-electron chi connectivity index (χ4n) is 2.38. The lowest BCUT2D eigenvalue weighted by Crippen LogP contribution is -2.31. The van der Waals surface area contributed by atoms with Gasteiger partial charge in [0.05, 0.1) is 11.4 Å². The molecule has 0 saturated carbocycles. The van der Waals surface area contributed by atoms with Gasteiger partial charge in [-0.2, -0.15) is 0 Å². The first-order valence-electron chi connectivity index (χ1n) is 5.96. The second kappa shape index (κ2) is 5.42. The van der Waals surface area contributed by atoms with E-state index < -0.39 is 10.0 Å². The molecule has 0 spiro atoms. The number of sulfonamides is 1. The van der Waals surface area contributed by atoms with Crippen molar-refractivity contribution < 1.29 is 8.42 Å². The number of rotatable bonds is 3. The van der Waals surface area contributed by atoms with Crippen molar-refractivity contribution >= 4 is 48.9 Å². The lowest BCUT2D eigenvalue weighted by molar-refractivity contribution is 0.558. The van der Waals surface area contributed by atoms with Crippen LogP contribution in [-0.4, -0.2) is 13.8 Å². The topological polar surface area (TPSA) is 46.2 Å². The maximum absolute atomic E-state index is 12.4. The molecule has 0 bridgehead atoms. The summed E-state index contributed by atoms with van der Waals surface area (Å²) in [4.78, 5) is 0. The van der Waals surface area contributed by atoms with Crippen LogP contribution in [0.5, 0.6) is 0 Å². The van der Waals surface area contributed by atoms with E-state index in [0.29, 0.717) is 10.9 Å². The van der Waals surface area contributed by atoms with Crippen LogP contribution in [0.4, 0.5) is 0 Å². The minimum atomic E-state index is -3.57. The number of fused-ring (bicyclic) bond motifs is 1. The molecule has 0 saturated heterocycles. The lowest BCUT2D eigenvalue weighted by Gasteiger charge is -2.17. The first-order chi connectivity index (χ1) is 9.49. The van der Waals surface area contributed by atoms with Gasteiger partial charge in [-0.3, -0.25) is 0 Å². The van der Waals surface area contributed by atoms with Gasteiger partial charge < -0.3 is 0 Å². The molecule has 1 aliphatic carbocycles. The summed E-state index contributed by atoms with van der Waals surface area (Å²) in [6.45, 7) is 0. The molecule has 2 atom stereocenters. The Labute approximate surface area is 135 Å². The van der Waals surface area contributed by atoms with Gasteiger partial charge in [-0.05, 0) is 44.9 Å². The van der Waals surface area contributed by atoms with E-state index in [-0.39, 0.29) is 15.6 Å². The van der Waals surface area contributed by atoms with Crippen LogP contribution in [0.3, 0.4) is 0 Å². The van der Waals surface area contributed by atoms with Crippen LogP contribution in [0.2, 0.25) is 0 Å². The average Bonchev–Trinajstić information content (AvgIpc) is 2.95. The maximum atomic E-state index is 12.4. The third-order valence-corrected chi connectivity index (χ3v) is 7.79. The molecule has 1 N–H and O–H groups in total. The van der Waals surface area contributed by atoms with Crippen LogP contribution >= 0.6 is 38.9 Å². The normalized spacial score (nSPS) is 21.9. The van der Waals surface area contributed by atoms with Gasteiger partial charge >= 0.3 is 0 Å². The van der Waals surface area contributed by atoms with Crippen molar-refractivity contribution in [2.24, 2.45) is 0 Å². The SMILES string of the molecule is O=S(=O)(NC1c2ccccc2CC1Cl)c1sccc1Br. The van der Waals surface area contributed by atoms with Crippen molar-refractivity contribution in [3.8, 4) is 0 Å². The molecule has 1 aliphatic rings. The highest BCUT2D eigenvalue weighted by Gasteiger charge is 2.35. The Morgan fingerprint density at radius 2 is 2.05 bits per heavy atom. The zero-order chi connectivity index (χ0) is 14.3. The predicted molar refractivity (Wildman–Crippen MR) is 84.9 cm³/mol. The Bertz CT molecular complexity index is 744. The molecule has 1 heterocycles. The molecule has 3 rings (SSSR count). The molecule has 1 aromatic carbocycles. The zero-order valence-electron chi connectivity index (χ0n) is 10.2. The van der Waals surface area contributed by atoms with E-state index in [1.807, 2.05) is 24.3 Å². The summed E-state index contributed by atoms with van der Waals surface area (Å²) in [6, 6.07) is 9.09. The number of hydrogen-bond acceptors (Lipinski definition) is 3. The van der Waals surface area contributed by atoms with Crippen LogP contribution < -0.4 is 4.72 Å². The third-order valence-electron chi connectivity index (χ3n) is 3.28. The van der Waals surface area contributed by atoms with Gasteiger partial charge in [0.25, 0.3) is 10.0 Å². The van der Waals surface area contributed by atoms with Crippen LogP contribution in [0.15, 0.2) is 44.4 Å². The highest BCUT2D eigenvalue weighted by Crippen LogP contribution is 2.37. The minimum absolute atomic E-state index is 0.263. The van der Waals surface area contributed by atoms with Crippen molar-refractivity contribution in [1.82, 2.24) is 4.72 Å². The number of nitrogens with one attached hydrogen (secondary N) is 1. The summed E-state index contributed by atoms with van der Waals surface area (Å²) in [5.41, 5.74) is 2.06. The van der Waals surface area contributed by atoms with E-state index >= 15 is 0 Å². The van der Waals surface area contributed by atoms with Gasteiger partial charge in [0.1, 0.15) is 4.21 Å². The zero-order valence-corrected chi connectivity index (χ0v) is 14.2. The Morgan fingerprint density at radius 3 is 2.75 bits per heavy atom. The molecule has 106 valence electrons. The van der Waals surface area contributed by atoms with Crippen molar-refractivity contribution in [3.05, 3.63) is 51.3 Å². The molecule has 0 fully saturated rings. The van der Waals surface area contributed by atoms with Gasteiger partial charge in [-0.1, -0.05) is 24.3 Å². The van der Waals surface area contributed by atoms with Crippen LogP contribution in [0.25, 0.3) is 0 Å². The van der Waals surface area contributed by atoms with Gasteiger partial charge in [-0.25, -0.2) is 13.1 Å². The Morgan fingerprint density at radius 1 is 1.30 bits per heavy atom. The van der Waals surface area contributed by atoms with Gasteiger partial charge in [0.2, 0.25) is 0 Å². The Hall–Kier alpha value is -0.400. The fraction of sp³-hybridized carbons (Fsp3) is 0.231. The average molecular weight is 393 g/mol. The van der Waals surface area contributed by atoms with Crippen molar-refractivity contribution in [3.63, 3.8) is 0 Å². The third kappa shape index (κ3) is 2.55. The number of halogens is 2. The molecule has 3 nitrogen and oxygen atoms in total. The van der Waals surface area contributed by atoms with Gasteiger partial charge in [0.15, 0.2) is 0 Å². The number of thiophene rings is 1. The first-order valence-corrected chi connectivity index (χ1v) is 9.55. The van der Waals surface area contributed by atoms with Crippen LogP contribution in [0, 0.1) is 0 Å². The standard InChI is InChI=1S/C13H11BrClNO2S2/c14-10-5-6-19-13(10)20(17,18)16-12-9-4-2-1-3-8(9)7-11(12)15/h1-6,11-12,16H,7H2. The summed E-state index contributed by atoms with van der Waals surface area (Å²) >= 11 is 10.8. The van der Waals surface area contributed by atoms with Crippen molar-refractivity contribution in [1.29, 1.82) is 0 Å². The minimum Gasteiger partial charge on any atom is -0.206 e. The highest BCUT2D eigenvalue weighted by atomic mass is 79.9. The summed E-state index contributed by atoms with van der Waals surface area (Å²) in [7, 11) is -3.57. The molecule has 2 unspecified atom stereocenters. The molecule has 0 amide bonds. The smallest absolute Gasteiger partial charge is 0.206 e. The predicted octanol–water partition coefficient (Wildman–Crippen LogP) is 3.69. The molecular weight excluding hydrogens is 382 g/mol. The summed E-state index contributed by atoms with van der Waals surface area (Å²) in [6.07, 6.45) is 0.677. The number of alkyl halides is 1. The highest BCUT2D eigenvalue weighted by molar-refractivity contribution is 9.10. The van der Waals surface area contributed by atoms with E-state index in [2.05, 4.69) is 20.7 Å². The van der Waals surface area contributed by atoms with Crippen molar-refractivity contribution in [2.45, 2.75) is 22.0 Å². The molecule has 1 aromatic heterocycles. The summed E-state index contributed by atoms with van der Waals surface area (Å²) in [5, 5.41) is 1.47. The van der Waals surface area contributed by atoms with Crippen molar-refractivity contribution in [2.75, 3.05) is 0 Å². The van der Waals surface area contributed by atoms with Gasteiger partial charge in [-0.15, -0.1) is 22.9 Å². The Balaban J connectivity index is 1.94. The quantitative estimate of drug-likeness (QED) is 0.810. The first kappa shape index (κ1) is 14.5. The van der Waals surface area contributed by atoms with Crippen LogP contribution in [0.1, 0.15) is 17.2 Å². The molecule has 20 heavy (non-hydrogen) atoms. The second-order valence-electron chi connectivity index (χ2n) is 4.57. The fourth-order valence-corrected chi connectivity index (χ4v) is 6.43. The molecule has 0 radical (unpaired) electrons. The monoisotopic (exact) mass is 391 g/mol. The molecule has 7 heteroatoms.